The molecule has 1 aliphatic carbocycles. The van der Waals surface area contributed by atoms with Crippen molar-refractivity contribution in [2.75, 3.05) is 49.9 Å². The Labute approximate surface area is 260 Å². The number of rotatable bonds is 10. The summed E-state index contributed by atoms with van der Waals surface area (Å²) in [4.78, 5) is 28.4. The molecular formula is C32H45FN6O4S. The first-order valence-corrected chi connectivity index (χ1v) is 17.4. The van der Waals surface area contributed by atoms with E-state index < -0.39 is 15.8 Å². The van der Waals surface area contributed by atoms with Crippen LogP contribution in [0.15, 0.2) is 30.7 Å². The molecule has 3 heterocycles. The molecule has 2 aromatic rings. The number of likely N-dealkylation sites (tertiary alicyclic amines) is 1. The number of aromatic nitrogens is 2. The molecule has 2 aliphatic heterocycles. The summed E-state index contributed by atoms with van der Waals surface area (Å²) in [7, 11) is -3.19. The molecular weight excluding hydrogens is 583 g/mol. The van der Waals surface area contributed by atoms with E-state index in [0.717, 1.165) is 77.0 Å². The van der Waals surface area contributed by atoms with E-state index in [1.54, 1.807) is 18.0 Å². The first-order valence-electron chi connectivity index (χ1n) is 15.8. The molecule has 1 aromatic carbocycles. The fraction of sp³-hybridized carbons (Fsp3) is 0.594. The topological polar surface area (TPSA) is 110 Å². The van der Waals surface area contributed by atoms with E-state index in [1.807, 2.05) is 20.8 Å². The van der Waals surface area contributed by atoms with Gasteiger partial charge in [0.2, 0.25) is 0 Å². The van der Waals surface area contributed by atoms with Crippen LogP contribution in [0.25, 0.3) is 0 Å². The average Bonchev–Trinajstić information content (AvgIpc) is 2.99. The zero-order valence-electron chi connectivity index (χ0n) is 26.3. The van der Waals surface area contributed by atoms with Gasteiger partial charge in [0, 0.05) is 43.9 Å². The van der Waals surface area contributed by atoms with Crippen molar-refractivity contribution in [1.82, 2.24) is 19.8 Å². The average molecular weight is 629 g/mol. The van der Waals surface area contributed by atoms with Crippen molar-refractivity contribution >= 4 is 27.5 Å². The van der Waals surface area contributed by atoms with Crippen molar-refractivity contribution in [3.8, 4) is 11.5 Å². The standard InChI is InChI=1S/C32H44FN6O4S/c1-5-39(23(3)4)31(40)27-17-25(33)9-12-28(27)43-29-18-34-22-35-30(29)38-20-32(21-38)13-15-37(16-14-32)19-24-7-10-26(11-8-24)36-44(41,42)6-2/h9,12,17-18,22-23H,5-8,10-11,13-16,19-21H2,1-4H3/q-1/p+1. The van der Waals surface area contributed by atoms with Crippen LogP contribution in [0.3, 0.4) is 0 Å². The third-order valence-electron chi connectivity index (χ3n) is 9.23. The Morgan fingerprint density at radius 2 is 1.86 bits per heavy atom. The van der Waals surface area contributed by atoms with E-state index >= 15 is 0 Å². The highest BCUT2D eigenvalue weighted by Crippen LogP contribution is 2.45. The minimum Gasteiger partial charge on any atom is -0.451 e. The first-order chi connectivity index (χ1) is 21.0. The Balaban J connectivity index is 1.17. The highest BCUT2D eigenvalue weighted by molar-refractivity contribution is 7.84. The van der Waals surface area contributed by atoms with Crippen LogP contribution in [-0.4, -0.2) is 90.9 Å². The number of halogens is 1. The van der Waals surface area contributed by atoms with Crippen LogP contribution in [0, 0.1) is 17.2 Å². The number of piperidine rings is 1. The van der Waals surface area contributed by atoms with Gasteiger partial charge in [-0.2, -0.15) is 21.3 Å². The predicted molar refractivity (Wildman–Crippen MR) is 168 cm³/mol. The summed E-state index contributed by atoms with van der Waals surface area (Å²) in [5.41, 5.74) is 1.34. The molecule has 1 N–H and O–H groups in total. The van der Waals surface area contributed by atoms with Crippen LogP contribution in [0.2, 0.25) is 0 Å². The SMILES string of the molecule is CCN(C(=O)c1cc(F)ccc1Oc1cncnc1N1CC2(CCN(C[C-]3CCC(=[NH+]S(=O)(=O)CC)CC3)CC2)C1)C(C)C. The quantitative estimate of drug-likeness (QED) is 0.400. The molecule has 240 valence electrons. The number of nitrogens with one attached hydrogen (secondary N) is 1. The number of nitrogens with zero attached hydrogens (tertiary/aromatic N) is 5. The van der Waals surface area contributed by atoms with Crippen LogP contribution in [0.4, 0.5) is 10.2 Å². The number of ether oxygens (including phenoxy) is 1. The van der Waals surface area contributed by atoms with Crippen molar-refractivity contribution in [3.05, 3.63) is 48.0 Å². The fourth-order valence-electron chi connectivity index (χ4n) is 6.58. The fourth-order valence-corrected chi connectivity index (χ4v) is 7.37. The third kappa shape index (κ3) is 7.39. The summed E-state index contributed by atoms with van der Waals surface area (Å²) in [6.45, 7) is 12.7. The highest BCUT2D eigenvalue weighted by atomic mass is 32.2. The van der Waals surface area contributed by atoms with Gasteiger partial charge in [-0.1, -0.05) is 0 Å². The van der Waals surface area contributed by atoms with Crippen molar-refractivity contribution in [1.29, 1.82) is 0 Å². The second kappa shape index (κ2) is 13.5. The summed E-state index contributed by atoms with van der Waals surface area (Å²) >= 11 is 0. The molecule has 1 amide bonds. The van der Waals surface area contributed by atoms with E-state index in [-0.39, 0.29) is 34.4 Å². The van der Waals surface area contributed by atoms with E-state index in [4.69, 9.17) is 4.74 Å². The summed E-state index contributed by atoms with van der Waals surface area (Å²) in [5.74, 6) is 2.24. The van der Waals surface area contributed by atoms with Gasteiger partial charge < -0.3 is 19.4 Å². The van der Waals surface area contributed by atoms with Crippen molar-refractivity contribution in [3.63, 3.8) is 0 Å². The van der Waals surface area contributed by atoms with Crippen LogP contribution >= 0.6 is 0 Å². The van der Waals surface area contributed by atoms with E-state index in [9.17, 15) is 17.6 Å². The number of anilines is 1. The lowest BCUT2D eigenvalue weighted by atomic mass is 9.71. The van der Waals surface area contributed by atoms with Gasteiger partial charge in [-0.15, -0.1) is 10.9 Å². The van der Waals surface area contributed by atoms with Gasteiger partial charge in [0.1, 0.15) is 23.6 Å². The summed E-state index contributed by atoms with van der Waals surface area (Å²) in [6, 6.07) is 3.98. The Bertz CT molecular complexity index is 1460. The third-order valence-corrected chi connectivity index (χ3v) is 10.6. The molecule has 2 saturated heterocycles. The van der Waals surface area contributed by atoms with Gasteiger partial charge in [-0.25, -0.2) is 14.4 Å². The smallest absolute Gasteiger partial charge is 0.362 e. The number of carbonyl (C=O) groups is 1. The van der Waals surface area contributed by atoms with Gasteiger partial charge in [-0.05, 0) is 71.8 Å². The second-order valence-electron chi connectivity index (χ2n) is 12.6. The Morgan fingerprint density at radius 1 is 1.16 bits per heavy atom. The van der Waals surface area contributed by atoms with Crippen molar-refractivity contribution < 1.29 is 26.7 Å². The highest BCUT2D eigenvalue weighted by Gasteiger charge is 2.46. The molecule has 0 radical (unpaired) electrons. The van der Waals surface area contributed by atoms with Crippen LogP contribution in [0.5, 0.6) is 11.5 Å². The molecule has 0 unspecified atom stereocenters. The van der Waals surface area contributed by atoms with E-state index in [1.165, 1.54) is 30.4 Å². The van der Waals surface area contributed by atoms with Crippen LogP contribution < -0.4 is 14.0 Å². The molecule has 1 saturated carbocycles. The summed E-state index contributed by atoms with van der Waals surface area (Å²) in [5, 5.41) is 0. The number of carbonyl (C=O) groups excluding carboxylic acids is 1. The number of benzene rings is 1. The molecule has 1 spiro atoms. The zero-order chi connectivity index (χ0) is 31.5. The number of sulfonamides is 1. The van der Waals surface area contributed by atoms with Gasteiger partial charge in [0.15, 0.2) is 17.3 Å². The van der Waals surface area contributed by atoms with Gasteiger partial charge >= 0.3 is 10.0 Å². The van der Waals surface area contributed by atoms with Crippen molar-refractivity contribution in [2.45, 2.75) is 72.3 Å². The lowest BCUT2D eigenvalue weighted by Gasteiger charge is -2.55. The largest absolute Gasteiger partial charge is 0.451 e. The van der Waals surface area contributed by atoms with Gasteiger partial charge in [0.05, 0.1) is 11.8 Å². The summed E-state index contributed by atoms with van der Waals surface area (Å²) < 4.78 is 47.0. The first kappa shape index (κ1) is 32.3. The van der Waals surface area contributed by atoms with Gasteiger partial charge in [0.25, 0.3) is 5.91 Å². The Hall–Kier alpha value is -3.12. The molecule has 0 bridgehead atoms. The maximum absolute atomic E-state index is 14.2. The lowest BCUT2D eigenvalue weighted by molar-refractivity contribution is -0.271. The lowest BCUT2D eigenvalue weighted by Crippen LogP contribution is -2.77. The molecule has 10 nitrogen and oxygen atoms in total. The number of hydrogen-bond donors (Lipinski definition) is 1. The molecule has 3 aliphatic rings. The Kier molecular flexibility index (Phi) is 9.89. The van der Waals surface area contributed by atoms with Crippen LogP contribution in [0.1, 0.15) is 76.6 Å². The van der Waals surface area contributed by atoms with Crippen LogP contribution in [-0.2, 0) is 10.0 Å². The normalized spacial score (nSPS) is 19.2. The molecule has 0 atom stereocenters. The zero-order valence-corrected chi connectivity index (χ0v) is 27.1. The molecule has 5 rings (SSSR count). The molecule has 12 heteroatoms. The maximum Gasteiger partial charge on any atom is 0.362 e. The molecule has 3 fully saturated rings. The summed E-state index contributed by atoms with van der Waals surface area (Å²) in [6.07, 6.45) is 8.80. The number of amides is 1. The second-order valence-corrected chi connectivity index (χ2v) is 14.6. The minimum absolute atomic E-state index is 0.0375. The van der Waals surface area contributed by atoms with E-state index in [2.05, 4.69) is 24.2 Å². The predicted octanol–water partition coefficient (Wildman–Crippen LogP) is 3.20. The van der Waals surface area contributed by atoms with Gasteiger partial charge in [-0.3, -0.25) is 10.7 Å². The van der Waals surface area contributed by atoms with Crippen molar-refractivity contribution in [2.24, 2.45) is 5.41 Å². The monoisotopic (exact) mass is 628 g/mol. The van der Waals surface area contributed by atoms with E-state index in [0.29, 0.717) is 18.1 Å². The maximum atomic E-state index is 14.2. The molecule has 44 heavy (non-hydrogen) atoms. The Morgan fingerprint density at radius 3 is 2.50 bits per heavy atom. The minimum atomic E-state index is -3.19. The number of hydrogen-bond acceptors (Lipinski definition) is 8. The molecule has 1 aromatic heterocycles.